The maximum atomic E-state index is 14.3. The van der Waals surface area contributed by atoms with Crippen LogP contribution in [-0.2, 0) is 0 Å². The second-order valence-electron chi connectivity index (χ2n) is 8.01. The van der Waals surface area contributed by atoms with Crippen LogP contribution in [0.4, 0.5) is 27.6 Å². The molecule has 5 nitrogen and oxygen atoms in total. The zero-order chi connectivity index (χ0) is 23.4. The molecule has 1 aliphatic rings. The number of alkyl halides is 3. The zero-order valence-corrected chi connectivity index (χ0v) is 17.2. The highest BCUT2D eigenvalue weighted by atomic mass is 19.4. The summed E-state index contributed by atoms with van der Waals surface area (Å²) in [5.41, 5.74) is -3.12. The number of halogens is 5. The second-order valence-corrected chi connectivity index (χ2v) is 8.01. The van der Waals surface area contributed by atoms with Crippen LogP contribution in [0.3, 0.4) is 0 Å². The predicted octanol–water partition coefficient (Wildman–Crippen LogP) is 5.00. The molecule has 0 aliphatic heterocycles. The van der Waals surface area contributed by atoms with Crippen molar-refractivity contribution in [2.24, 2.45) is 0 Å². The summed E-state index contributed by atoms with van der Waals surface area (Å²) >= 11 is 0. The Labute approximate surface area is 179 Å². The average Bonchev–Trinajstić information content (AvgIpc) is 2.73. The molecule has 0 bridgehead atoms. The fourth-order valence-electron chi connectivity index (χ4n) is 4.43. The van der Waals surface area contributed by atoms with E-state index in [0.717, 1.165) is 18.2 Å². The van der Waals surface area contributed by atoms with Crippen molar-refractivity contribution in [2.75, 3.05) is 5.32 Å². The lowest BCUT2D eigenvalue weighted by Gasteiger charge is -2.45. The van der Waals surface area contributed by atoms with Gasteiger partial charge in [-0.15, -0.1) is 0 Å². The SMILES string of the molecule is CC[C@@H]1C[C@](O)(C(F)(F)F)C(Nc2ccc(F)c3nc(C)ncc23)c2ccc(F)c([OH2+])c21. The van der Waals surface area contributed by atoms with Crippen molar-refractivity contribution < 1.29 is 32.2 Å². The van der Waals surface area contributed by atoms with Crippen molar-refractivity contribution in [2.45, 2.75) is 50.4 Å². The van der Waals surface area contributed by atoms with E-state index in [-0.39, 0.29) is 40.0 Å². The third-order valence-corrected chi connectivity index (χ3v) is 6.09. The Morgan fingerprint density at radius 3 is 2.53 bits per heavy atom. The van der Waals surface area contributed by atoms with Crippen molar-refractivity contribution in [3.8, 4) is 5.75 Å². The first kappa shape index (κ1) is 22.2. The summed E-state index contributed by atoms with van der Waals surface area (Å²) in [6, 6.07) is 2.61. The summed E-state index contributed by atoms with van der Waals surface area (Å²) in [4.78, 5) is 8.02. The molecule has 0 saturated heterocycles. The molecule has 1 heterocycles. The summed E-state index contributed by atoms with van der Waals surface area (Å²) in [5, 5.41) is 21.9. The fourth-order valence-corrected chi connectivity index (χ4v) is 4.43. The highest BCUT2D eigenvalue weighted by molar-refractivity contribution is 5.91. The number of aryl methyl sites for hydroxylation is 1. The number of hydrogen-bond acceptors (Lipinski definition) is 4. The molecule has 32 heavy (non-hydrogen) atoms. The van der Waals surface area contributed by atoms with Crippen LogP contribution < -0.4 is 5.32 Å². The van der Waals surface area contributed by atoms with Gasteiger partial charge in [0.25, 0.3) is 5.75 Å². The number of aromatic nitrogens is 2. The quantitative estimate of drug-likeness (QED) is 0.431. The van der Waals surface area contributed by atoms with E-state index < -0.39 is 47.5 Å². The van der Waals surface area contributed by atoms with Gasteiger partial charge in [0.05, 0.1) is 11.6 Å². The predicted molar refractivity (Wildman–Crippen MR) is 109 cm³/mol. The second kappa shape index (κ2) is 7.54. The van der Waals surface area contributed by atoms with Crippen LogP contribution in [0.15, 0.2) is 30.5 Å². The van der Waals surface area contributed by atoms with Crippen molar-refractivity contribution in [1.29, 1.82) is 0 Å². The van der Waals surface area contributed by atoms with Crippen LogP contribution in [0.2, 0.25) is 0 Å². The van der Waals surface area contributed by atoms with Gasteiger partial charge in [-0.3, -0.25) is 0 Å². The molecular formula is C22H21F5N3O2+. The Kier molecular flexibility index (Phi) is 5.23. The van der Waals surface area contributed by atoms with E-state index in [4.69, 9.17) is 5.11 Å². The zero-order valence-electron chi connectivity index (χ0n) is 17.2. The third-order valence-electron chi connectivity index (χ3n) is 6.09. The molecule has 0 saturated carbocycles. The van der Waals surface area contributed by atoms with E-state index in [9.17, 15) is 27.1 Å². The lowest BCUT2D eigenvalue weighted by molar-refractivity contribution is -0.272. The van der Waals surface area contributed by atoms with Gasteiger partial charge >= 0.3 is 6.18 Å². The molecule has 0 spiro atoms. The molecule has 0 amide bonds. The summed E-state index contributed by atoms with van der Waals surface area (Å²) in [7, 11) is 0. The summed E-state index contributed by atoms with van der Waals surface area (Å²) in [5.74, 6) is -2.60. The standard InChI is InChI=1S/C22H20F5N3O2/c1-3-11-8-21(32,22(25,26)27)20(12-4-5-15(24)19(31)17(11)12)30-16-7-6-14(23)18-13(16)9-28-10(2)29-18/h4-7,9,11,20,30-32H,3,8H2,1-2H3/p+1/t11-,20?,21-/m1/s1. The van der Waals surface area contributed by atoms with E-state index in [2.05, 4.69) is 15.3 Å². The Balaban J connectivity index is 1.94. The molecule has 1 unspecified atom stereocenters. The van der Waals surface area contributed by atoms with E-state index >= 15 is 0 Å². The first-order chi connectivity index (χ1) is 15.0. The molecule has 0 radical (unpaired) electrons. The van der Waals surface area contributed by atoms with Crippen molar-refractivity contribution in [3.05, 3.63) is 59.0 Å². The lowest BCUT2D eigenvalue weighted by Crippen LogP contribution is -2.55. The Bertz CT molecular complexity index is 1200. The number of hydrogen-bond donors (Lipinski definition) is 2. The van der Waals surface area contributed by atoms with Gasteiger partial charge in [0.1, 0.15) is 17.2 Å². The first-order valence-corrected chi connectivity index (χ1v) is 9.99. The highest BCUT2D eigenvalue weighted by Gasteiger charge is 2.63. The van der Waals surface area contributed by atoms with Gasteiger partial charge in [0.15, 0.2) is 5.60 Å². The maximum absolute atomic E-state index is 14.3. The summed E-state index contributed by atoms with van der Waals surface area (Å²) < 4.78 is 71.0. The fraction of sp³-hybridized carbons (Fsp3) is 0.364. The van der Waals surface area contributed by atoms with Gasteiger partial charge in [-0.05, 0) is 49.4 Å². The Hall–Kier alpha value is -3.01. The number of anilines is 1. The molecule has 10 heteroatoms. The normalized spacial score (nSPS) is 23.2. The number of benzene rings is 2. The summed E-state index contributed by atoms with van der Waals surface area (Å²) in [6.07, 6.45) is -4.31. The topological polar surface area (TPSA) is 80.9 Å². The van der Waals surface area contributed by atoms with Crippen LogP contribution in [0.5, 0.6) is 5.75 Å². The van der Waals surface area contributed by atoms with Crippen LogP contribution in [-0.4, -0.2) is 32.0 Å². The number of fused-ring (bicyclic) bond motifs is 2. The largest absolute Gasteiger partial charge is 0.591 e. The minimum Gasteiger partial charge on any atom is -0.591 e. The van der Waals surface area contributed by atoms with E-state index in [1.807, 2.05) is 0 Å². The molecule has 0 fully saturated rings. The molecule has 3 atom stereocenters. The van der Waals surface area contributed by atoms with Gasteiger partial charge in [-0.2, -0.15) is 17.6 Å². The number of nitrogens with one attached hydrogen (secondary N) is 1. The molecule has 4 N–H and O–H groups in total. The van der Waals surface area contributed by atoms with Crippen LogP contribution >= 0.6 is 0 Å². The number of nitrogens with zero attached hydrogens (tertiary/aromatic N) is 2. The number of aliphatic hydroxyl groups is 1. The molecule has 1 aromatic heterocycles. The van der Waals surface area contributed by atoms with Gasteiger partial charge in [-0.25, -0.2) is 14.4 Å². The average molecular weight is 454 g/mol. The minimum atomic E-state index is -5.03. The van der Waals surface area contributed by atoms with E-state index in [1.165, 1.54) is 12.3 Å². The number of rotatable bonds is 3. The molecule has 170 valence electrons. The third kappa shape index (κ3) is 3.33. The Morgan fingerprint density at radius 1 is 1.19 bits per heavy atom. The van der Waals surface area contributed by atoms with Crippen LogP contribution in [0, 0.1) is 18.6 Å². The van der Waals surface area contributed by atoms with Crippen LogP contribution in [0.1, 0.15) is 48.7 Å². The molecule has 2 aromatic carbocycles. The molecule has 3 aromatic rings. The van der Waals surface area contributed by atoms with Crippen molar-refractivity contribution in [1.82, 2.24) is 9.97 Å². The monoisotopic (exact) mass is 454 g/mol. The molecule has 1 aliphatic carbocycles. The maximum Gasteiger partial charge on any atom is 0.419 e. The van der Waals surface area contributed by atoms with Gasteiger partial charge in [-0.1, -0.05) is 13.0 Å². The van der Waals surface area contributed by atoms with Crippen molar-refractivity contribution in [3.63, 3.8) is 0 Å². The van der Waals surface area contributed by atoms with E-state index in [1.54, 1.807) is 13.8 Å². The lowest BCUT2D eigenvalue weighted by atomic mass is 9.69. The highest BCUT2D eigenvalue weighted by Crippen LogP contribution is 2.55. The van der Waals surface area contributed by atoms with Crippen molar-refractivity contribution >= 4 is 16.6 Å². The molecule has 4 rings (SSSR count). The minimum absolute atomic E-state index is 0.0279. The van der Waals surface area contributed by atoms with Gasteiger partial charge in [0, 0.05) is 17.3 Å². The first-order valence-electron chi connectivity index (χ1n) is 9.99. The Morgan fingerprint density at radius 2 is 1.88 bits per heavy atom. The molecular weight excluding hydrogens is 433 g/mol. The van der Waals surface area contributed by atoms with E-state index in [0.29, 0.717) is 0 Å². The van der Waals surface area contributed by atoms with Gasteiger partial charge in [0.2, 0.25) is 5.82 Å². The van der Waals surface area contributed by atoms with Gasteiger partial charge < -0.3 is 15.5 Å². The van der Waals surface area contributed by atoms with Crippen LogP contribution in [0.25, 0.3) is 10.9 Å². The smallest absolute Gasteiger partial charge is 0.419 e. The summed E-state index contributed by atoms with van der Waals surface area (Å²) in [6.45, 7) is 3.17.